The van der Waals surface area contributed by atoms with Crippen molar-refractivity contribution in [2.45, 2.75) is 25.0 Å². The summed E-state index contributed by atoms with van der Waals surface area (Å²) in [6, 6.07) is 15.5. The van der Waals surface area contributed by atoms with Crippen molar-refractivity contribution in [2.75, 3.05) is 0 Å². The van der Waals surface area contributed by atoms with Gasteiger partial charge in [0, 0.05) is 47.1 Å². The van der Waals surface area contributed by atoms with Gasteiger partial charge in [0.1, 0.15) is 23.0 Å². The Labute approximate surface area is 223 Å². The van der Waals surface area contributed by atoms with E-state index in [4.69, 9.17) is 26.5 Å². The van der Waals surface area contributed by atoms with Gasteiger partial charge in [-0.2, -0.15) is 10.4 Å². The maximum absolute atomic E-state index is 9.90. The van der Waals surface area contributed by atoms with Crippen molar-refractivity contribution in [3.8, 4) is 34.2 Å². The minimum atomic E-state index is -0.357. The van der Waals surface area contributed by atoms with E-state index in [9.17, 15) is 5.26 Å². The maximum Gasteiger partial charge on any atom is 0.154 e. The molecule has 1 atom stereocenters. The van der Waals surface area contributed by atoms with Crippen LogP contribution in [0.3, 0.4) is 0 Å². The molecule has 0 aliphatic heterocycles. The Morgan fingerprint density at radius 3 is 2.62 bits per heavy atom. The quantitative estimate of drug-likeness (QED) is 0.210. The highest BCUT2D eigenvalue weighted by Gasteiger charge is 2.18. The van der Waals surface area contributed by atoms with Gasteiger partial charge in [-0.05, 0) is 61.7 Å². The van der Waals surface area contributed by atoms with Crippen LogP contribution >= 0.6 is 23.5 Å². The molecule has 37 heavy (non-hydrogen) atoms. The van der Waals surface area contributed by atoms with Gasteiger partial charge in [-0.3, -0.25) is 14.8 Å². The monoisotopic (exact) mass is 527 g/mol. The van der Waals surface area contributed by atoms with E-state index in [0.29, 0.717) is 32.7 Å². The van der Waals surface area contributed by atoms with Crippen molar-refractivity contribution in [3.05, 3.63) is 83.0 Å². The largest absolute Gasteiger partial charge is 0.483 e. The first-order valence-corrected chi connectivity index (χ1v) is 12.6. The molecule has 0 saturated heterocycles. The zero-order valence-corrected chi connectivity index (χ0v) is 21.9. The topological polar surface area (TPSA) is 116 Å². The molecule has 0 amide bonds. The van der Waals surface area contributed by atoms with Gasteiger partial charge < -0.3 is 4.74 Å². The lowest BCUT2D eigenvalue weighted by Gasteiger charge is -2.19. The third-order valence-corrected chi connectivity index (χ3v) is 6.66. The van der Waals surface area contributed by atoms with Gasteiger partial charge in [0.2, 0.25) is 0 Å². The summed E-state index contributed by atoms with van der Waals surface area (Å²) in [5.41, 5.74) is 6.19. The molecule has 0 spiro atoms. The summed E-state index contributed by atoms with van der Waals surface area (Å²) in [7, 11) is 1.86. The SMILES string of the molecule is Cc1cc(C(C)Oc2ccc(Cl)nc2SN)c2cc(-c3ccc(-c4cnn(C)c4)nc3)c(C#N)nc2c1. The molecule has 0 aliphatic carbocycles. The number of nitrogens with zero attached hydrogens (tertiary/aromatic N) is 6. The van der Waals surface area contributed by atoms with Crippen LogP contribution in [0.4, 0.5) is 0 Å². The Bertz CT molecular complexity index is 1660. The van der Waals surface area contributed by atoms with E-state index >= 15 is 0 Å². The molecule has 0 radical (unpaired) electrons. The number of aryl methyl sites for hydroxylation is 2. The lowest BCUT2D eigenvalue weighted by atomic mass is 9.96. The van der Waals surface area contributed by atoms with Crippen molar-refractivity contribution in [2.24, 2.45) is 12.2 Å². The van der Waals surface area contributed by atoms with Crippen molar-refractivity contribution in [3.63, 3.8) is 0 Å². The predicted octanol–water partition coefficient (Wildman–Crippen LogP) is 6.03. The van der Waals surface area contributed by atoms with E-state index in [1.54, 1.807) is 29.2 Å². The highest BCUT2D eigenvalue weighted by atomic mass is 35.5. The Kier molecular flexibility index (Phi) is 6.80. The van der Waals surface area contributed by atoms with Crippen molar-refractivity contribution in [1.82, 2.24) is 24.7 Å². The normalized spacial score (nSPS) is 11.9. The zero-order chi connectivity index (χ0) is 26.1. The van der Waals surface area contributed by atoms with Gasteiger partial charge in [-0.1, -0.05) is 23.7 Å². The fraction of sp³-hybridized carbons (Fsp3) is 0.148. The fourth-order valence-corrected chi connectivity index (χ4v) is 4.78. The molecule has 8 nitrogen and oxygen atoms in total. The van der Waals surface area contributed by atoms with Crippen LogP contribution in [-0.4, -0.2) is 24.7 Å². The summed E-state index contributed by atoms with van der Waals surface area (Å²) in [5, 5.41) is 21.6. The lowest BCUT2D eigenvalue weighted by Crippen LogP contribution is -2.07. The van der Waals surface area contributed by atoms with Crippen molar-refractivity contribution >= 4 is 34.5 Å². The summed E-state index contributed by atoms with van der Waals surface area (Å²) in [6.45, 7) is 3.94. The first kappa shape index (κ1) is 24.7. The molecule has 0 aliphatic rings. The highest BCUT2D eigenvalue weighted by Crippen LogP contribution is 2.35. The van der Waals surface area contributed by atoms with Gasteiger partial charge in [-0.15, -0.1) is 0 Å². The molecule has 4 heterocycles. The van der Waals surface area contributed by atoms with Crippen LogP contribution in [0.1, 0.15) is 29.8 Å². The standard InChI is InChI=1S/C27H22ClN7OS/c1-15-8-19(16(2)36-25-6-7-26(28)34-27(25)37-30)21-10-20(24(11-29)33-23(21)9-15)17-4-5-22(31-12-17)18-13-32-35(3)14-18/h4-10,12-14,16H,30H2,1-3H3. The number of nitriles is 1. The number of hydrogen-bond donors (Lipinski definition) is 1. The number of aromatic nitrogens is 5. The zero-order valence-electron chi connectivity index (χ0n) is 20.3. The third kappa shape index (κ3) is 5.00. The summed E-state index contributed by atoms with van der Waals surface area (Å²) in [4.78, 5) is 13.5. The molecule has 0 bridgehead atoms. The Morgan fingerprint density at radius 1 is 1.11 bits per heavy atom. The molecule has 5 aromatic rings. The van der Waals surface area contributed by atoms with Crippen molar-refractivity contribution in [1.29, 1.82) is 5.26 Å². The molecule has 5 rings (SSSR count). The van der Waals surface area contributed by atoms with E-state index < -0.39 is 0 Å². The van der Waals surface area contributed by atoms with Crippen molar-refractivity contribution < 1.29 is 4.74 Å². The first-order chi connectivity index (χ1) is 17.9. The second kappa shape index (κ2) is 10.2. The number of pyridine rings is 3. The molecular formula is C27H22ClN7OS. The molecule has 0 fully saturated rings. The van der Waals surface area contributed by atoms with Crippen LogP contribution in [0.2, 0.25) is 5.15 Å². The molecule has 0 saturated carbocycles. The molecule has 1 aromatic carbocycles. The Balaban J connectivity index is 1.58. The molecule has 10 heteroatoms. The number of benzene rings is 1. The smallest absolute Gasteiger partial charge is 0.154 e. The van der Waals surface area contributed by atoms with Gasteiger partial charge in [0.15, 0.2) is 10.8 Å². The summed E-state index contributed by atoms with van der Waals surface area (Å²) >= 11 is 7.00. The van der Waals surface area contributed by atoms with E-state index in [1.807, 2.05) is 51.4 Å². The predicted molar refractivity (Wildman–Crippen MR) is 145 cm³/mol. The Hall–Kier alpha value is -3.97. The minimum Gasteiger partial charge on any atom is -0.483 e. The number of hydrogen-bond acceptors (Lipinski definition) is 8. The van der Waals surface area contributed by atoms with Crippen LogP contribution in [0.15, 0.2) is 66.1 Å². The lowest BCUT2D eigenvalue weighted by molar-refractivity contribution is 0.221. The summed E-state index contributed by atoms with van der Waals surface area (Å²) in [5.74, 6) is 0.538. The molecule has 4 aromatic heterocycles. The second-order valence-electron chi connectivity index (χ2n) is 8.57. The number of rotatable bonds is 6. The van der Waals surface area contributed by atoms with Gasteiger partial charge in [0.05, 0.1) is 17.4 Å². The number of halogens is 1. The van der Waals surface area contributed by atoms with Gasteiger partial charge in [0.25, 0.3) is 0 Å². The van der Waals surface area contributed by atoms with Gasteiger partial charge in [-0.25, -0.2) is 9.97 Å². The van der Waals surface area contributed by atoms with Crippen LogP contribution in [0, 0.1) is 18.3 Å². The molecule has 1 unspecified atom stereocenters. The number of nitrogens with two attached hydrogens (primary N) is 1. The average molecular weight is 528 g/mol. The van der Waals surface area contributed by atoms with Crippen LogP contribution in [0.5, 0.6) is 5.75 Å². The van der Waals surface area contributed by atoms with E-state index in [2.05, 4.69) is 27.2 Å². The maximum atomic E-state index is 9.90. The second-order valence-corrected chi connectivity index (χ2v) is 9.58. The van der Waals surface area contributed by atoms with Crippen LogP contribution in [-0.2, 0) is 7.05 Å². The first-order valence-electron chi connectivity index (χ1n) is 11.4. The third-order valence-electron chi connectivity index (χ3n) is 5.94. The highest BCUT2D eigenvalue weighted by molar-refractivity contribution is 7.97. The number of fused-ring (bicyclic) bond motifs is 1. The summed E-state index contributed by atoms with van der Waals surface area (Å²) < 4.78 is 8.00. The molecular weight excluding hydrogens is 506 g/mol. The van der Waals surface area contributed by atoms with E-state index in [0.717, 1.165) is 45.3 Å². The molecule has 2 N–H and O–H groups in total. The van der Waals surface area contributed by atoms with E-state index in [-0.39, 0.29) is 6.10 Å². The fourth-order valence-electron chi connectivity index (χ4n) is 4.20. The number of ether oxygens (including phenoxy) is 1. The summed E-state index contributed by atoms with van der Waals surface area (Å²) in [6.07, 6.45) is 5.07. The van der Waals surface area contributed by atoms with Crippen LogP contribution in [0.25, 0.3) is 33.3 Å². The van der Waals surface area contributed by atoms with Crippen LogP contribution < -0.4 is 9.88 Å². The van der Waals surface area contributed by atoms with E-state index in [1.165, 1.54) is 0 Å². The average Bonchev–Trinajstić information content (AvgIpc) is 3.34. The minimum absolute atomic E-state index is 0.331. The molecule has 184 valence electrons. The van der Waals surface area contributed by atoms with Gasteiger partial charge >= 0.3 is 0 Å². The Morgan fingerprint density at radius 2 is 1.95 bits per heavy atom.